The van der Waals surface area contributed by atoms with Gasteiger partial charge in [-0.2, -0.15) is 0 Å². The quantitative estimate of drug-likeness (QED) is 0.0350. The lowest BCUT2D eigenvalue weighted by Crippen LogP contribution is -2.29. The normalized spacial score (nSPS) is 13.2. The number of nitrogens with two attached hydrogens (primary N) is 1. The monoisotopic (exact) mass is 804 g/mol. The largest absolute Gasteiger partial charge is 0.472 e. The van der Waals surface area contributed by atoms with E-state index in [1.54, 1.807) is 0 Å². The number of phosphoric ester groups is 1. The Balaban J connectivity index is 4.04. The average Bonchev–Trinajstić information content (AvgIpc) is 3.17. The van der Waals surface area contributed by atoms with Crippen molar-refractivity contribution in [3.8, 4) is 0 Å². The standard InChI is InChI=1S/C45H90NO8P/c1-3-5-7-9-11-13-15-17-19-21-22-24-25-27-29-31-33-35-37-44(47)51-41-43(42-53-55(49,50)52-40-39-46)54-45(48)38-36-34-32-30-28-26-23-20-18-16-14-12-10-8-6-4-2/h43H,3-42,46H2,1-2H3,(H,49,50)/t43-/m1/s1. The highest BCUT2D eigenvalue weighted by atomic mass is 31.2. The predicted octanol–water partition coefficient (Wildman–Crippen LogP) is 13.6. The number of hydrogen-bond donors (Lipinski definition) is 2. The van der Waals surface area contributed by atoms with Gasteiger partial charge >= 0.3 is 19.8 Å². The lowest BCUT2D eigenvalue weighted by Gasteiger charge is -2.19. The van der Waals surface area contributed by atoms with Crippen LogP contribution in [0.3, 0.4) is 0 Å². The Morgan fingerprint density at radius 1 is 0.473 bits per heavy atom. The predicted molar refractivity (Wildman–Crippen MR) is 229 cm³/mol. The maximum atomic E-state index is 12.6. The first-order valence-corrected chi connectivity index (χ1v) is 25.0. The third kappa shape index (κ3) is 42.4. The molecule has 3 N–H and O–H groups in total. The van der Waals surface area contributed by atoms with Crippen LogP contribution in [0.1, 0.15) is 245 Å². The molecular weight excluding hydrogens is 713 g/mol. The van der Waals surface area contributed by atoms with Crippen molar-refractivity contribution in [2.24, 2.45) is 5.73 Å². The van der Waals surface area contributed by atoms with E-state index in [1.807, 2.05) is 0 Å². The number of hydrogen-bond acceptors (Lipinski definition) is 8. The van der Waals surface area contributed by atoms with Gasteiger partial charge < -0.3 is 20.1 Å². The van der Waals surface area contributed by atoms with Gasteiger partial charge in [-0.1, -0.05) is 219 Å². The molecule has 0 spiro atoms. The Labute approximate surface area is 339 Å². The maximum Gasteiger partial charge on any atom is 0.472 e. The zero-order valence-electron chi connectivity index (χ0n) is 36.2. The van der Waals surface area contributed by atoms with E-state index in [0.29, 0.717) is 6.42 Å². The lowest BCUT2D eigenvalue weighted by molar-refractivity contribution is -0.161. The van der Waals surface area contributed by atoms with Crippen LogP contribution in [0.25, 0.3) is 0 Å². The number of carbonyl (C=O) groups excluding carboxylic acids is 2. The van der Waals surface area contributed by atoms with Crippen molar-refractivity contribution in [1.29, 1.82) is 0 Å². The zero-order chi connectivity index (χ0) is 40.3. The molecule has 0 bridgehead atoms. The summed E-state index contributed by atoms with van der Waals surface area (Å²) >= 11 is 0. The second-order valence-corrected chi connectivity index (χ2v) is 17.4. The second-order valence-electron chi connectivity index (χ2n) is 16.0. The van der Waals surface area contributed by atoms with Gasteiger partial charge in [-0.25, -0.2) is 4.57 Å². The maximum absolute atomic E-state index is 12.6. The molecule has 0 aliphatic rings. The van der Waals surface area contributed by atoms with Gasteiger partial charge in [0.2, 0.25) is 0 Å². The van der Waals surface area contributed by atoms with Crippen molar-refractivity contribution < 1.29 is 37.6 Å². The van der Waals surface area contributed by atoms with Gasteiger partial charge in [-0.05, 0) is 12.8 Å². The number of carbonyl (C=O) groups is 2. The molecule has 0 rings (SSSR count). The average molecular weight is 804 g/mol. The molecule has 0 aromatic carbocycles. The molecule has 10 heteroatoms. The molecule has 1 unspecified atom stereocenters. The fourth-order valence-corrected chi connectivity index (χ4v) is 7.76. The molecule has 0 amide bonds. The van der Waals surface area contributed by atoms with Gasteiger partial charge in [-0.3, -0.25) is 18.6 Å². The van der Waals surface area contributed by atoms with E-state index in [9.17, 15) is 19.0 Å². The van der Waals surface area contributed by atoms with Crippen LogP contribution in [0.5, 0.6) is 0 Å². The Hall–Kier alpha value is -0.990. The molecule has 328 valence electrons. The summed E-state index contributed by atoms with van der Waals surface area (Å²) in [5, 5.41) is 0. The molecule has 0 aromatic heterocycles. The molecule has 0 saturated carbocycles. The minimum Gasteiger partial charge on any atom is -0.462 e. The van der Waals surface area contributed by atoms with Crippen LogP contribution in [0.15, 0.2) is 0 Å². The van der Waals surface area contributed by atoms with Crippen LogP contribution in [0.2, 0.25) is 0 Å². The van der Waals surface area contributed by atoms with Crippen molar-refractivity contribution in [1.82, 2.24) is 0 Å². The summed E-state index contributed by atoms with van der Waals surface area (Å²) in [6.07, 6.45) is 42.7. The minimum atomic E-state index is -4.37. The van der Waals surface area contributed by atoms with Gasteiger partial charge in [-0.15, -0.1) is 0 Å². The molecule has 0 saturated heterocycles. The smallest absolute Gasteiger partial charge is 0.462 e. The van der Waals surface area contributed by atoms with Gasteiger partial charge in [0.15, 0.2) is 6.10 Å². The Kier molecular flexibility index (Phi) is 41.8. The highest BCUT2D eigenvalue weighted by Gasteiger charge is 2.26. The number of phosphoric acid groups is 1. The fraction of sp³-hybridized carbons (Fsp3) is 0.956. The summed E-state index contributed by atoms with van der Waals surface area (Å²) in [6, 6.07) is 0. The van der Waals surface area contributed by atoms with Crippen molar-refractivity contribution in [3.05, 3.63) is 0 Å². The van der Waals surface area contributed by atoms with Crippen molar-refractivity contribution in [2.45, 2.75) is 251 Å². The SMILES string of the molecule is CCCCCCCCCCCCCCCCCCCCC(=O)OC[C@H](COP(=O)(O)OCCN)OC(=O)CCCCCCCCCCCCCCCCCC. The fourth-order valence-electron chi connectivity index (χ4n) is 6.99. The number of ether oxygens (including phenoxy) is 2. The molecule has 0 fully saturated rings. The van der Waals surface area contributed by atoms with Gasteiger partial charge in [0, 0.05) is 19.4 Å². The highest BCUT2D eigenvalue weighted by molar-refractivity contribution is 7.47. The van der Waals surface area contributed by atoms with E-state index in [1.165, 1.54) is 180 Å². The highest BCUT2D eigenvalue weighted by Crippen LogP contribution is 2.43. The molecule has 0 aromatic rings. The summed E-state index contributed by atoms with van der Waals surface area (Å²) < 4.78 is 32.9. The number of esters is 2. The molecule has 2 atom stereocenters. The molecule has 0 aliphatic heterocycles. The lowest BCUT2D eigenvalue weighted by atomic mass is 10.0. The van der Waals surface area contributed by atoms with Crippen LogP contribution in [-0.4, -0.2) is 49.3 Å². The molecule has 9 nitrogen and oxygen atoms in total. The first-order valence-electron chi connectivity index (χ1n) is 23.5. The topological polar surface area (TPSA) is 134 Å². The van der Waals surface area contributed by atoms with Crippen LogP contribution < -0.4 is 5.73 Å². The van der Waals surface area contributed by atoms with Crippen LogP contribution >= 0.6 is 7.82 Å². The van der Waals surface area contributed by atoms with E-state index in [2.05, 4.69) is 13.8 Å². The minimum absolute atomic E-state index is 0.0582. The van der Waals surface area contributed by atoms with Gasteiger partial charge in [0.25, 0.3) is 0 Å². The van der Waals surface area contributed by atoms with Gasteiger partial charge in [0.05, 0.1) is 13.2 Å². The summed E-state index contributed by atoms with van der Waals surface area (Å²) in [6.45, 7) is 3.79. The van der Waals surface area contributed by atoms with Crippen molar-refractivity contribution in [2.75, 3.05) is 26.4 Å². The van der Waals surface area contributed by atoms with E-state index in [-0.39, 0.29) is 38.6 Å². The number of rotatable bonds is 45. The molecule has 0 heterocycles. The second kappa shape index (κ2) is 42.6. The summed E-state index contributed by atoms with van der Waals surface area (Å²) in [7, 11) is -4.37. The van der Waals surface area contributed by atoms with E-state index in [0.717, 1.165) is 32.1 Å². The van der Waals surface area contributed by atoms with Crippen LogP contribution in [0.4, 0.5) is 0 Å². The summed E-state index contributed by atoms with van der Waals surface area (Å²) in [5.74, 6) is -0.809. The number of unbranched alkanes of at least 4 members (excludes halogenated alkanes) is 32. The first-order chi connectivity index (χ1) is 26.8. The zero-order valence-corrected chi connectivity index (χ0v) is 37.1. The van der Waals surface area contributed by atoms with E-state index >= 15 is 0 Å². The Bertz CT molecular complexity index is 876. The third-order valence-electron chi connectivity index (χ3n) is 10.5. The molecule has 0 aliphatic carbocycles. The van der Waals surface area contributed by atoms with Crippen molar-refractivity contribution >= 4 is 19.8 Å². The van der Waals surface area contributed by atoms with Crippen LogP contribution in [-0.2, 0) is 32.7 Å². The summed E-state index contributed by atoms with van der Waals surface area (Å²) in [4.78, 5) is 34.9. The van der Waals surface area contributed by atoms with Crippen molar-refractivity contribution in [3.63, 3.8) is 0 Å². The van der Waals surface area contributed by atoms with Crippen LogP contribution in [0, 0.1) is 0 Å². The van der Waals surface area contributed by atoms with Gasteiger partial charge in [0.1, 0.15) is 6.61 Å². The Morgan fingerprint density at radius 2 is 0.782 bits per heavy atom. The van der Waals surface area contributed by atoms with E-state index < -0.39 is 26.5 Å². The Morgan fingerprint density at radius 3 is 1.11 bits per heavy atom. The molecular formula is C45H90NO8P. The molecule has 55 heavy (non-hydrogen) atoms. The summed E-state index contributed by atoms with van der Waals surface area (Å²) in [5.41, 5.74) is 5.36. The van der Waals surface area contributed by atoms with E-state index in [4.69, 9.17) is 24.3 Å². The molecule has 0 radical (unpaired) electrons. The first kappa shape index (κ1) is 54.0. The third-order valence-corrected chi connectivity index (χ3v) is 11.5.